The highest BCUT2D eigenvalue weighted by molar-refractivity contribution is 7.89. The Kier molecular flexibility index (Phi) is 5.15. The Balaban J connectivity index is 2.48. The van der Waals surface area contributed by atoms with Gasteiger partial charge in [0.25, 0.3) is 5.69 Å². The zero-order valence-corrected chi connectivity index (χ0v) is 13.6. The average molecular weight is 327 g/mol. The molecule has 1 aromatic carbocycles. The van der Waals surface area contributed by atoms with E-state index in [-0.39, 0.29) is 16.6 Å². The molecule has 0 aromatic heterocycles. The summed E-state index contributed by atoms with van der Waals surface area (Å²) in [5.41, 5.74) is 0.417. The van der Waals surface area contributed by atoms with Crippen LogP contribution in [0.2, 0.25) is 0 Å². The summed E-state index contributed by atoms with van der Waals surface area (Å²) in [5, 5.41) is 14.0. The van der Waals surface area contributed by atoms with Crippen molar-refractivity contribution in [3.63, 3.8) is 0 Å². The summed E-state index contributed by atoms with van der Waals surface area (Å²) in [6, 6.07) is 3.98. The molecule has 2 rings (SSSR count). The molecule has 1 fully saturated rings. The lowest BCUT2D eigenvalue weighted by atomic mass is 10.1. The molecular weight excluding hydrogens is 306 g/mol. The fourth-order valence-corrected chi connectivity index (χ4v) is 4.89. The molecule has 0 radical (unpaired) electrons. The number of rotatable bonds is 6. The van der Waals surface area contributed by atoms with Gasteiger partial charge in [0.15, 0.2) is 0 Å². The molecule has 7 nitrogen and oxygen atoms in total. The van der Waals surface area contributed by atoms with E-state index in [1.54, 1.807) is 7.05 Å². The number of nitro groups is 1. The number of aryl methyl sites for hydroxylation is 1. The largest absolute Gasteiger partial charge is 0.318 e. The summed E-state index contributed by atoms with van der Waals surface area (Å²) in [4.78, 5) is 10.5. The molecule has 1 unspecified atom stereocenters. The summed E-state index contributed by atoms with van der Waals surface area (Å²) in [5.74, 6) is 0. The third-order valence-corrected chi connectivity index (χ3v) is 6.03. The van der Waals surface area contributed by atoms with Gasteiger partial charge < -0.3 is 5.32 Å². The number of hydrogen-bond acceptors (Lipinski definition) is 5. The standard InChI is InChI=1S/C14H21N3O4S/c1-3-11-6-7-12(17(18)19)9-14(11)22(20,21)16-8-4-5-13(16)10-15-2/h6-7,9,13,15H,3-5,8,10H2,1-2H3. The van der Waals surface area contributed by atoms with Crippen LogP contribution in [0.1, 0.15) is 25.3 Å². The maximum atomic E-state index is 12.9. The second kappa shape index (κ2) is 6.72. The van der Waals surface area contributed by atoms with E-state index in [4.69, 9.17) is 0 Å². The minimum absolute atomic E-state index is 0.0622. The second-order valence-electron chi connectivity index (χ2n) is 5.37. The van der Waals surface area contributed by atoms with Gasteiger partial charge in [0, 0.05) is 31.3 Å². The smallest absolute Gasteiger partial charge is 0.270 e. The van der Waals surface area contributed by atoms with Gasteiger partial charge >= 0.3 is 0 Å². The van der Waals surface area contributed by atoms with Gasteiger partial charge in [-0.15, -0.1) is 0 Å². The third kappa shape index (κ3) is 3.13. The lowest BCUT2D eigenvalue weighted by Crippen LogP contribution is -2.41. The van der Waals surface area contributed by atoms with Gasteiger partial charge in [-0.1, -0.05) is 13.0 Å². The van der Waals surface area contributed by atoms with Gasteiger partial charge in [-0.2, -0.15) is 4.31 Å². The summed E-state index contributed by atoms with van der Waals surface area (Å²) in [7, 11) is -1.93. The lowest BCUT2D eigenvalue weighted by molar-refractivity contribution is -0.385. The van der Waals surface area contributed by atoms with Crippen LogP contribution in [0.15, 0.2) is 23.1 Å². The zero-order chi connectivity index (χ0) is 16.3. The third-order valence-electron chi connectivity index (χ3n) is 3.99. The van der Waals surface area contributed by atoms with Crippen LogP contribution in [0, 0.1) is 10.1 Å². The predicted octanol–water partition coefficient (Wildman–Crippen LogP) is 1.53. The van der Waals surface area contributed by atoms with Crippen LogP contribution in [0.4, 0.5) is 5.69 Å². The van der Waals surface area contributed by atoms with Gasteiger partial charge in [-0.3, -0.25) is 10.1 Å². The van der Waals surface area contributed by atoms with Gasteiger partial charge in [0.05, 0.1) is 9.82 Å². The SMILES string of the molecule is CCc1ccc([N+](=O)[O-])cc1S(=O)(=O)N1CCCC1CNC. The lowest BCUT2D eigenvalue weighted by Gasteiger charge is -2.24. The van der Waals surface area contributed by atoms with Crippen molar-refractivity contribution in [1.82, 2.24) is 9.62 Å². The van der Waals surface area contributed by atoms with Crippen molar-refractivity contribution in [3.05, 3.63) is 33.9 Å². The highest BCUT2D eigenvalue weighted by atomic mass is 32.2. The first-order valence-corrected chi connectivity index (χ1v) is 8.79. The van der Waals surface area contributed by atoms with E-state index in [0.717, 1.165) is 12.8 Å². The summed E-state index contributed by atoms with van der Waals surface area (Å²) < 4.78 is 27.4. The van der Waals surface area contributed by atoms with Crippen molar-refractivity contribution >= 4 is 15.7 Å². The summed E-state index contributed by atoms with van der Waals surface area (Å²) >= 11 is 0. The minimum atomic E-state index is -3.72. The molecule has 0 amide bonds. The molecule has 1 heterocycles. The minimum Gasteiger partial charge on any atom is -0.318 e. The molecule has 22 heavy (non-hydrogen) atoms. The molecule has 1 aromatic rings. The van der Waals surface area contributed by atoms with Crippen molar-refractivity contribution in [2.45, 2.75) is 37.1 Å². The molecule has 0 bridgehead atoms. The number of sulfonamides is 1. The van der Waals surface area contributed by atoms with Crippen molar-refractivity contribution in [2.75, 3.05) is 20.1 Å². The van der Waals surface area contributed by atoms with Crippen molar-refractivity contribution < 1.29 is 13.3 Å². The van der Waals surface area contributed by atoms with E-state index in [0.29, 0.717) is 25.1 Å². The van der Waals surface area contributed by atoms with E-state index in [1.165, 1.54) is 22.5 Å². The first-order chi connectivity index (χ1) is 10.4. The zero-order valence-electron chi connectivity index (χ0n) is 12.8. The molecule has 122 valence electrons. The summed E-state index contributed by atoms with van der Waals surface area (Å²) in [6.07, 6.45) is 2.12. The predicted molar refractivity (Wildman–Crippen MR) is 83.3 cm³/mol. The molecule has 1 aliphatic rings. The fraction of sp³-hybridized carbons (Fsp3) is 0.571. The van der Waals surface area contributed by atoms with Gasteiger partial charge in [-0.25, -0.2) is 8.42 Å². The molecule has 1 saturated heterocycles. The van der Waals surface area contributed by atoms with E-state index < -0.39 is 14.9 Å². The van der Waals surface area contributed by atoms with Gasteiger partial charge in [-0.05, 0) is 31.9 Å². The Bertz CT molecular complexity index is 660. The Labute approximate surface area is 130 Å². The maximum absolute atomic E-state index is 12.9. The Morgan fingerprint density at radius 3 is 2.77 bits per heavy atom. The normalized spacial score (nSPS) is 19.5. The van der Waals surface area contributed by atoms with E-state index in [1.807, 2.05) is 6.92 Å². The highest BCUT2D eigenvalue weighted by Crippen LogP contribution is 2.30. The summed E-state index contributed by atoms with van der Waals surface area (Å²) in [6.45, 7) is 2.88. The Morgan fingerprint density at radius 2 is 2.18 bits per heavy atom. The monoisotopic (exact) mass is 327 g/mol. The maximum Gasteiger partial charge on any atom is 0.270 e. The van der Waals surface area contributed by atoms with Gasteiger partial charge in [0.2, 0.25) is 10.0 Å². The van der Waals surface area contributed by atoms with Crippen LogP contribution < -0.4 is 5.32 Å². The van der Waals surface area contributed by atoms with Crippen molar-refractivity contribution in [2.24, 2.45) is 0 Å². The van der Waals surface area contributed by atoms with Crippen LogP contribution in [0.3, 0.4) is 0 Å². The number of non-ortho nitro benzene ring substituents is 1. The van der Waals surface area contributed by atoms with E-state index >= 15 is 0 Å². The number of hydrogen-bond donors (Lipinski definition) is 1. The Morgan fingerprint density at radius 1 is 1.45 bits per heavy atom. The van der Waals surface area contributed by atoms with Crippen LogP contribution >= 0.6 is 0 Å². The van der Waals surface area contributed by atoms with Crippen molar-refractivity contribution in [1.29, 1.82) is 0 Å². The fourth-order valence-electron chi connectivity index (χ4n) is 2.88. The van der Waals surface area contributed by atoms with Crippen LogP contribution in [-0.4, -0.2) is 43.8 Å². The molecular formula is C14H21N3O4S. The molecule has 8 heteroatoms. The number of nitrogens with one attached hydrogen (secondary N) is 1. The molecule has 0 spiro atoms. The number of nitrogens with zero attached hydrogens (tertiary/aromatic N) is 2. The quantitative estimate of drug-likeness (QED) is 0.632. The molecule has 1 atom stereocenters. The number of nitro benzene ring substituents is 1. The number of likely N-dealkylation sites (N-methyl/N-ethyl adjacent to an activating group) is 1. The Hall–Kier alpha value is -1.51. The van der Waals surface area contributed by atoms with Gasteiger partial charge in [0.1, 0.15) is 0 Å². The molecule has 0 saturated carbocycles. The first-order valence-electron chi connectivity index (χ1n) is 7.35. The van der Waals surface area contributed by atoms with E-state index in [9.17, 15) is 18.5 Å². The molecule has 1 aliphatic heterocycles. The number of benzene rings is 1. The van der Waals surface area contributed by atoms with E-state index in [2.05, 4.69) is 5.32 Å². The second-order valence-corrected chi connectivity index (χ2v) is 7.23. The molecule has 1 N–H and O–H groups in total. The van der Waals surface area contributed by atoms with Crippen molar-refractivity contribution in [3.8, 4) is 0 Å². The van der Waals surface area contributed by atoms with Crippen LogP contribution in [0.25, 0.3) is 0 Å². The van der Waals surface area contributed by atoms with Crippen LogP contribution in [0.5, 0.6) is 0 Å². The first kappa shape index (κ1) is 16.9. The highest BCUT2D eigenvalue weighted by Gasteiger charge is 2.36. The topological polar surface area (TPSA) is 92.5 Å². The average Bonchev–Trinajstić information content (AvgIpc) is 2.96. The molecule has 0 aliphatic carbocycles. The van der Waals surface area contributed by atoms with Crippen LogP contribution in [-0.2, 0) is 16.4 Å².